The van der Waals surface area contributed by atoms with E-state index in [-0.39, 0.29) is 18.0 Å². The molecule has 0 saturated heterocycles. The van der Waals surface area contributed by atoms with Crippen molar-refractivity contribution in [3.05, 3.63) is 12.3 Å². The predicted octanol–water partition coefficient (Wildman–Crippen LogP) is 2.09. The summed E-state index contributed by atoms with van der Waals surface area (Å²) in [4.78, 5) is 12.1. The molecule has 6 nitrogen and oxygen atoms in total. The van der Waals surface area contributed by atoms with Crippen molar-refractivity contribution in [3.8, 4) is 18.0 Å². The Bertz CT molecular complexity index is 421. The van der Waals surface area contributed by atoms with Crippen LogP contribution < -0.4 is 14.2 Å². The summed E-state index contributed by atoms with van der Waals surface area (Å²) >= 11 is 12.3. The van der Waals surface area contributed by atoms with Gasteiger partial charge in [0, 0.05) is 5.75 Å². The number of thiol groups is 3. The maximum Gasteiger partial charge on any atom is 0.331 e. The normalized spacial score (nSPS) is 10.2. The van der Waals surface area contributed by atoms with Gasteiger partial charge in [0.2, 0.25) is 0 Å². The average Bonchev–Trinajstić information content (AvgIpc) is 2.47. The lowest BCUT2D eigenvalue weighted by Gasteiger charge is -2.09. The molecule has 0 aliphatic rings. The van der Waals surface area contributed by atoms with Crippen molar-refractivity contribution >= 4 is 37.9 Å². The Balaban J connectivity index is 2.77. The maximum atomic E-state index is 5.41. The summed E-state index contributed by atoms with van der Waals surface area (Å²) in [5.41, 5.74) is 0. The number of hydrogen-bond acceptors (Lipinski definition) is 9. The van der Waals surface area contributed by atoms with E-state index >= 15 is 0 Å². The van der Waals surface area contributed by atoms with Crippen molar-refractivity contribution in [2.24, 2.45) is 0 Å². The summed E-state index contributed by atoms with van der Waals surface area (Å²) in [5.74, 6) is 2.22. The largest absolute Gasteiger partial charge is 0.463 e. The van der Waals surface area contributed by atoms with Crippen LogP contribution in [0.2, 0.25) is 0 Å². The van der Waals surface area contributed by atoms with E-state index in [2.05, 4.69) is 59.4 Å². The molecule has 1 aromatic heterocycles. The third-order valence-corrected chi connectivity index (χ3v) is 3.04. The van der Waals surface area contributed by atoms with Crippen LogP contribution in [0, 0.1) is 0 Å². The van der Waals surface area contributed by atoms with Gasteiger partial charge >= 0.3 is 18.0 Å². The fraction of sp³-hybridized carbons (Fsp3) is 0.583. The molecule has 0 radical (unpaired) electrons. The molecule has 1 heterocycles. The van der Waals surface area contributed by atoms with Crippen LogP contribution in [0.3, 0.4) is 0 Å². The summed E-state index contributed by atoms with van der Waals surface area (Å²) in [5, 5.41) is 0. The first kappa shape index (κ1) is 18.2. The van der Waals surface area contributed by atoms with Gasteiger partial charge in [0.25, 0.3) is 0 Å². The molecule has 0 unspecified atom stereocenters. The van der Waals surface area contributed by atoms with E-state index in [4.69, 9.17) is 14.2 Å². The van der Waals surface area contributed by atoms with Gasteiger partial charge in [-0.2, -0.15) is 37.9 Å². The van der Waals surface area contributed by atoms with Crippen LogP contribution in [0.15, 0.2) is 12.3 Å². The van der Waals surface area contributed by atoms with Crippen molar-refractivity contribution in [3.63, 3.8) is 0 Å². The second-order valence-corrected chi connectivity index (χ2v) is 5.04. The Morgan fingerprint density at radius 1 is 0.857 bits per heavy atom. The molecule has 0 N–H and O–H groups in total. The van der Waals surface area contributed by atoms with Gasteiger partial charge in [-0.3, -0.25) is 0 Å². The molecule has 1 rings (SSSR count). The lowest BCUT2D eigenvalue weighted by atomic mass is 10.5. The Kier molecular flexibility index (Phi) is 9.44. The molecule has 0 amide bonds. The van der Waals surface area contributed by atoms with E-state index in [0.717, 1.165) is 24.3 Å². The zero-order chi connectivity index (χ0) is 15.5. The number of nitrogens with zero attached hydrogens (tertiary/aromatic N) is 3. The van der Waals surface area contributed by atoms with Gasteiger partial charge in [0.15, 0.2) is 0 Å². The van der Waals surface area contributed by atoms with Gasteiger partial charge in [-0.1, -0.05) is 6.58 Å². The first-order chi connectivity index (χ1) is 10.2. The second-order valence-electron chi connectivity index (χ2n) is 3.83. The second kappa shape index (κ2) is 10.9. The molecule has 0 spiro atoms. The number of ether oxygens (including phenoxy) is 3. The van der Waals surface area contributed by atoms with Crippen molar-refractivity contribution < 1.29 is 14.2 Å². The van der Waals surface area contributed by atoms with Crippen molar-refractivity contribution in [1.82, 2.24) is 15.0 Å². The standard InChI is InChI=1S/C12H19N3O3S3/c1-9(8-21)18-12-14-10(16-4-2-6-19)13-11(15-12)17-5-3-7-20/h19-21H,1-8H2. The topological polar surface area (TPSA) is 66.4 Å². The molecule has 118 valence electrons. The predicted molar refractivity (Wildman–Crippen MR) is 91.4 cm³/mol. The third-order valence-electron chi connectivity index (χ3n) is 2.05. The molecule has 0 saturated carbocycles. The Hall–Kier alpha value is -0.800. The smallest absolute Gasteiger partial charge is 0.331 e. The van der Waals surface area contributed by atoms with Crippen molar-refractivity contribution in [2.45, 2.75) is 12.8 Å². The number of rotatable bonds is 11. The fourth-order valence-corrected chi connectivity index (χ4v) is 1.44. The van der Waals surface area contributed by atoms with Crippen LogP contribution in [0.25, 0.3) is 0 Å². The van der Waals surface area contributed by atoms with Crippen LogP contribution >= 0.6 is 37.9 Å². The van der Waals surface area contributed by atoms with Crippen LogP contribution in [0.1, 0.15) is 12.8 Å². The summed E-state index contributed by atoms with van der Waals surface area (Å²) in [6, 6.07) is 0.370. The molecule has 0 fully saturated rings. The number of aromatic nitrogens is 3. The van der Waals surface area contributed by atoms with Gasteiger partial charge < -0.3 is 14.2 Å². The zero-order valence-corrected chi connectivity index (χ0v) is 14.2. The highest BCUT2D eigenvalue weighted by molar-refractivity contribution is 7.80. The molecule has 0 atom stereocenters. The summed E-state index contributed by atoms with van der Waals surface area (Å²) < 4.78 is 16.2. The minimum atomic E-state index is 0.0748. The van der Waals surface area contributed by atoms with E-state index in [0.29, 0.717) is 24.7 Å². The fourth-order valence-electron chi connectivity index (χ4n) is 1.11. The molecule has 0 aliphatic carbocycles. The maximum absolute atomic E-state index is 5.41. The van der Waals surface area contributed by atoms with Crippen molar-refractivity contribution in [1.29, 1.82) is 0 Å². The van der Waals surface area contributed by atoms with Crippen LogP contribution in [0.5, 0.6) is 18.0 Å². The molecular formula is C12H19N3O3S3. The minimum absolute atomic E-state index is 0.0748. The molecule has 1 aromatic rings. The molecule has 0 bridgehead atoms. The highest BCUT2D eigenvalue weighted by Crippen LogP contribution is 2.17. The lowest BCUT2D eigenvalue weighted by molar-refractivity contribution is 0.251. The molecule has 0 aromatic carbocycles. The lowest BCUT2D eigenvalue weighted by Crippen LogP contribution is -2.09. The van der Waals surface area contributed by atoms with Crippen LogP contribution in [0.4, 0.5) is 0 Å². The molecular weight excluding hydrogens is 330 g/mol. The highest BCUT2D eigenvalue weighted by Gasteiger charge is 2.11. The highest BCUT2D eigenvalue weighted by atomic mass is 32.1. The summed E-state index contributed by atoms with van der Waals surface area (Å²) in [7, 11) is 0. The Morgan fingerprint density at radius 2 is 1.33 bits per heavy atom. The summed E-state index contributed by atoms with van der Waals surface area (Å²) in [6.07, 6.45) is 1.56. The van der Waals surface area contributed by atoms with Gasteiger partial charge in [0.1, 0.15) is 5.76 Å². The van der Waals surface area contributed by atoms with E-state index in [9.17, 15) is 0 Å². The Morgan fingerprint density at radius 3 is 1.76 bits per heavy atom. The summed E-state index contributed by atoms with van der Waals surface area (Å²) in [6.45, 7) is 4.59. The van der Waals surface area contributed by atoms with Gasteiger partial charge in [-0.25, -0.2) is 0 Å². The quantitative estimate of drug-likeness (QED) is 0.323. The van der Waals surface area contributed by atoms with E-state index < -0.39 is 0 Å². The van der Waals surface area contributed by atoms with E-state index in [1.165, 1.54) is 0 Å². The minimum Gasteiger partial charge on any atom is -0.463 e. The molecule has 0 aliphatic heterocycles. The van der Waals surface area contributed by atoms with Crippen molar-refractivity contribution in [2.75, 3.05) is 30.5 Å². The SMILES string of the molecule is C=C(CS)Oc1nc(OCCCS)nc(OCCCS)n1. The van der Waals surface area contributed by atoms with Gasteiger partial charge in [-0.15, -0.1) is 15.0 Å². The van der Waals surface area contributed by atoms with E-state index in [1.807, 2.05) is 0 Å². The first-order valence-corrected chi connectivity index (χ1v) is 8.29. The van der Waals surface area contributed by atoms with Crippen LogP contribution in [-0.4, -0.2) is 45.4 Å². The van der Waals surface area contributed by atoms with Gasteiger partial charge in [-0.05, 0) is 24.3 Å². The third kappa shape index (κ3) is 7.68. The zero-order valence-electron chi connectivity index (χ0n) is 11.6. The first-order valence-electron chi connectivity index (χ1n) is 6.39. The van der Waals surface area contributed by atoms with Gasteiger partial charge in [0.05, 0.1) is 13.2 Å². The molecule has 21 heavy (non-hydrogen) atoms. The average molecular weight is 350 g/mol. The monoisotopic (exact) mass is 349 g/mol. The van der Waals surface area contributed by atoms with Crippen LogP contribution in [-0.2, 0) is 0 Å². The number of hydrogen-bond donors (Lipinski definition) is 3. The Labute approximate surface area is 140 Å². The molecule has 9 heteroatoms. The van der Waals surface area contributed by atoms with E-state index in [1.54, 1.807) is 0 Å².